The lowest BCUT2D eigenvalue weighted by atomic mass is 10.0. The molecule has 15 heavy (non-hydrogen) atoms. The Morgan fingerprint density at radius 3 is 2.67 bits per heavy atom. The summed E-state index contributed by atoms with van der Waals surface area (Å²) in [4.78, 5) is 1.36. The van der Waals surface area contributed by atoms with Gasteiger partial charge in [0.15, 0.2) is 0 Å². The maximum Gasteiger partial charge on any atom is 0.0766 e. The fraction of sp³-hybridized carbons (Fsp3) is 0.667. The molecule has 86 valence electrons. The van der Waals surface area contributed by atoms with Gasteiger partial charge in [0.1, 0.15) is 0 Å². The van der Waals surface area contributed by atoms with Gasteiger partial charge in [-0.3, -0.25) is 0 Å². The van der Waals surface area contributed by atoms with Crippen LogP contribution in [-0.4, -0.2) is 20.3 Å². The molecule has 0 bridgehead atoms. The topological polar surface area (TPSA) is 21.3 Å². The second kappa shape index (κ2) is 6.26. The Labute approximate surface area is 96.7 Å². The summed E-state index contributed by atoms with van der Waals surface area (Å²) in [5.74, 6) is 0. The van der Waals surface area contributed by atoms with Gasteiger partial charge >= 0.3 is 0 Å². The van der Waals surface area contributed by atoms with Gasteiger partial charge < -0.3 is 10.1 Å². The lowest BCUT2D eigenvalue weighted by molar-refractivity contribution is 0.0631. The third-order valence-electron chi connectivity index (χ3n) is 2.67. The molecule has 2 unspecified atom stereocenters. The summed E-state index contributed by atoms with van der Waals surface area (Å²) in [5, 5.41) is 5.57. The summed E-state index contributed by atoms with van der Waals surface area (Å²) < 4.78 is 5.55. The first kappa shape index (κ1) is 12.7. The van der Waals surface area contributed by atoms with Gasteiger partial charge in [-0.05, 0) is 37.4 Å². The van der Waals surface area contributed by atoms with Crippen molar-refractivity contribution in [2.45, 2.75) is 38.8 Å². The summed E-state index contributed by atoms with van der Waals surface area (Å²) in [5.41, 5.74) is 1.35. The van der Waals surface area contributed by atoms with E-state index >= 15 is 0 Å². The summed E-state index contributed by atoms with van der Waals surface area (Å²) in [6, 6.07) is 2.56. The van der Waals surface area contributed by atoms with Crippen LogP contribution in [0.3, 0.4) is 0 Å². The molecule has 1 rings (SSSR count). The number of aryl methyl sites for hydroxylation is 1. The van der Waals surface area contributed by atoms with Crippen LogP contribution >= 0.6 is 11.3 Å². The minimum Gasteiger partial charge on any atom is -0.379 e. The van der Waals surface area contributed by atoms with Gasteiger partial charge in [-0.2, -0.15) is 0 Å². The number of hydrogen-bond donors (Lipinski definition) is 1. The molecule has 1 N–H and O–H groups in total. The maximum absolute atomic E-state index is 5.55. The van der Waals surface area contributed by atoms with E-state index in [0.717, 1.165) is 12.8 Å². The largest absolute Gasteiger partial charge is 0.379 e. The third-order valence-corrected chi connectivity index (χ3v) is 3.55. The third kappa shape index (κ3) is 3.30. The molecule has 0 radical (unpaired) electrons. The molecule has 2 atom stereocenters. The standard InChI is InChI=1S/C12H21NOS/c1-5-6-11(14-4)12(13-3)10-7-9(2)15-8-10/h7-8,11-13H,5-6H2,1-4H3. The van der Waals surface area contributed by atoms with Crippen LogP contribution in [0.4, 0.5) is 0 Å². The first-order valence-corrected chi connectivity index (χ1v) is 6.36. The number of hydrogen-bond acceptors (Lipinski definition) is 3. The van der Waals surface area contributed by atoms with Gasteiger partial charge in [0.2, 0.25) is 0 Å². The zero-order chi connectivity index (χ0) is 11.3. The summed E-state index contributed by atoms with van der Waals surface area (Å²) in [6.07, 6.45) is 2.52. The van der Waals surface area contributed by atoms with E-state index in [9.17, 15) is 0 Å². The maximum atomic E-state index is 5.55. The van der Waals surface area contributed by atoms with E-state index in [4.69, 9.17) is 4.74 Å². The minimum absolute atomic E-state index is 0.272. The summed E-state index contributed by atoms with van der Waals surface area (Å²) in [7, 11) is 3.79. The molecule has 0 amide bonds. The Bertz CT molecular complexity index is 285. The number of thiophene rings is 1. The molecule has 0 aliphatic carbocycles. The van der Waals surface area contributed by atoms with Crippen molar-refractivity contribution >= 4 is 11.3 Å². The van der Waals surface area contributed by atoms with Gasteiger partial charge in [0.25, 0.3) is 0 Å². The number of likely N-dealkylation sites (N-methyl/N-ethyl adjacent to an activating group) is 1. The van der Waals surface area contributed by atoms with Crippen LogP contribution in [0.25, 0.3) is 0 Å². The molecule has 0 saturated carbocycles. The van der Waals surface area contributed by atoms with Crippen molar-refractivity contribution in [2.24, 2.45) is 0 Å². The Kier molecular flexibility index (Phi) is 5.29. The van der Waals surface area contributed by atoms with E-state index in [0.29, 0.717) is 6.04 Å². The number of rotatable bonds is 6. The zero-order valence-electron chi connectivity index (χ0n) is 10.0. The molecule has 1 aromatic heterocycles. The highest BCUT2D eigenvalue weighted by atomic mass is 32.1. The molecule has 0 spiro atoms. The molecule has 0 aromatic carbocycles. The van der Waals surface area contributed by atoms with Crippen LogP contribution in [0.2, 0.25) is 0 Å². The van der Waals surface area contributed by atoms with Crippen LogP contribution in [0.5, 0.6) is 0 Å². The lowest BCUT2D eigenvalue weighted by Crippen LogP contribution is -2.30. The summed E-state index contributed by atoms with van der Waals surface area (Å²) in [6.45, 7) is 4.33. The van der Waals surface area contributed by atoms with Crippen molar-refractivity contribution in [3.8, 4) is 0 Å². The smallest absolute Gasteiger partial charge is 0.0766 e. The predicted molar refractivity (Wildman–Crippen MR) is 66.6 cm³/mol. The molecule has 2 nitrogen and oxygen atoms in total. The molecule has 3 heteroatoms. The highest BCUT2D eigenvalue weighted by Gasteiger charge is 2.21. The predicted octanol–water partition coefficient (Wildman–Crippen LogP) is 3.13. The molecular formula is C12H21NOS. The first-order valence-electron chi connectivity index (χ1n) is 5.48. The van der Waals surface area contributed by atoms with Crippen LogP contribution in [0.1, 0.15) is 36.2 Å². The average Bonchev–Trinajstić information content (AvgIpc) is 2.64. The van der Waals surface area contributed by atoms with Crippen LogP contribution < -0.4 is 5.32 Å². The van der Waals surface area contributed by atoms with Crippen molar-refractivity contribution in [1.82, 2.24) is 5.32 Å². The van der Waals surface area contributed by atoms with Gasteiger partial charge in [-0.1, -0.05) is 13.3 Å². The van der Waals surface area contributed by atoms with Gasteiger partial charge in [0.05, 0.1) is 12.1 Å². The molecule has 1 heterocycles. The quantitative estimate of drug-likeness (QED) is 0.806. The fourth-order valence-electron chi connectivity index (χ4n) is 1.90. The number of ether oxygens (including phenoxy) is 1. The van der Waals surface area contributed by atoms with E-state index < -0.39 is 0 Å². The lowest BCUT2D eigenvalue weighted by Gasteiger charge is -2.24. The Morgan fingerprint density at radius 2 is 2.27 bits per heavy atom. The van der Waals surface area contributed by atoms with E-state index in [1.54, 1.807) is 18.4 Å². The highest BCUT2D eigenvalue weighted by Crippen LogP contribution is 2.26. The molecule has 0 fully saturated rings. The Balaban J connectivity index is 2.76. The minimum atomic E-state index is 0.272. The van der Waals surface area contributed by atoms with Crippen molar-refractivity contribution in [3.05, 3.63) is 21.9 Å². The number of methoxy groups -OCH3 is 1. The molecule has 0 saturated heterocycles. The SMILES string of the molecule is CCCC(OC)C(NC)c1csc(C)c1. The van der Waals surface area contributed by atoms with Gasteiger partial charge in [0, 0.05) is 12.0 Å². The van der Waals surface area contributed by atoms with Crippen molar-refractivity contribution in [2.75, 3.05) is 14.2 Å². The Morgan fingerprint density at radius 1 is 1.53 bits per heavy atom. The van der Waals surface area contributed by atoms with Crippen LogP contribution in [0, 0.1) is 6.92 Å². The van der Waals surface area contributed by atoms with Crippen molar-refractivity contribution in [3.63, 3.8) is 0 Å². The molecule has 1 aromatic rings. The summed E-state index contributed by atoms with van der Waals surface area (Å²) >= 11 is 1.80. The van der Waals surface area contributed by atoms with Crippen LogP contribution in [0.15, 0.2) is 11.4 Å². The molecule has 0 aliphatic rings. The normalized spacial score (nSPS) is 15.2. The second-order valence-electron chi connectivity index (χ2n) is 3.82. The monoisotopic (exact) mass is 227 g/mol. The fourth-order valence-corrected chi connectivity index (χ4v) is 2.64. The molecule has 0 aliphatic heterocycles. The van der Waals surface area contributed by atoms with Crippen molar-refractivity contribution in [1.29, 1.82) is 0 Å². The van der Waals surface area contributed by atoms with Crippen molar-refractivity contribution < 1.29 is 4.74 Å². The Hall–Kier alpha value is -0.380. The van der Waals surface area contributed by atoms with Crippen LogP contribution in [-0.2, 0) is 4.74 Å². The van der Waals surface area contributed by atoms with Gasteiger partial charge in [-0.15, -0.1) is 11.3 Å². The highest BCUT2D eigenvalue weighted by molar-refractivity contribution is 7.10. The zero-order valence-corrected chi connectivity index (χ0v) is 10.9. The van der Waals surface area contributed by atoms with Gasteiger partial charge in [-0.25, -0.2) is 0 Å². The van der Waals surface area contributed by atoms with E-state index in [-0.39, 0.29) is 6.10 Å². The first-order chi connectivity index (χ1) is 7.22. The molecular weight excluding hydrogens is 206 g/mol. The van der Waals surface area contributed by atoms with E-state index in [2.05, 4.69) is 30.6 Å². The van der Waals surface area contributed by atoms with E-state index in [1.165, 1.54) is 10.4 Å². The average molecular weight is 227 g/mol. The van der Waals surface area contributed by atoms with E-state index in [1.807, 2.05) is 7.05 Å². The second-order valence-corrected chi connectivity index (χ2v) is 4.94. The number of nitrogens with one attached hydrogen (secondary N) is 1.